The van der Waals surface area contributed by atoms with Crippen molar-refractivity contribution < 1.29 is 4.55 Å². The SMILES string of the molecule is CCN(CC)S(C)(O)CC. The number of hydrogen-bond acceptors (Lipinski definition) is 2. The summed E-state index contributed by atoms with van der Waals surface area (Å²) >= 11 is 0. The highest BCUT2D eigenvalue weighted by molar-refractivity contribution is 8.26. The van der Waals surface area contributed by atoms with E-state index in [1.54, 1.807) is 0 Å². The van der Waals surface area contributed by atoms with E-state index in [0.717, 1.165) is 18.8 Å². The normalized spacial score (nSPS) is 20.6. The fraction of sp³-hybridized carbons (Fsp3) is 1.00. The first-order chi connectivity index (χ1) is 4.58. The van der Waals surface area contributed by atoms with Crippen LogP contribution in [-0.2, 0) is 0 Å². The molecule has 1 N–H and O–H groups in total. The minimum atomic E-state index is -1.43. The zero-order chi connectivity index (χ0) is 8.20. The summed E-state index contributed by atoms with van der Waals surface area (Å²) in [5, 5.41) is 0. The molecule has 0 spiro atoms. The molecule has 0 aliphatic carbocycles. The Bertz CT molecular complexity index is 91.6. The van der Waals surface area contributed by atoms with E-state index in [2.05, 4.69) is 18.2 Å². The van der Waals surface area contributed by atoms with Crippen molar-refractivity contribution >= 4 is 10.5 Å². The lowest BCUT2D eigenvalue weighted by Gasteiger charge is -2.39. The van der Waals surface area contributed by atoms with Gasteiger partial charge in [-0.05, 0) is 6.26 Å². The molecular formula is C7H19NOS. The molecule has 0 saturated carbocycles. The molecule has 2 nitrogen and oxygen atoms in total. The zero-order valence-electron chi connectivity index (χ0n) is 7.42. The summed E-state index contributed by atoms with van der Waals surface area (Å²) in [5.74, 6) is 0.870. The molecule has 0 bridgehead atoms. The number of nitrogens with zero attached hydrogens (tertiary/aromatic N) is 1. The van der Waals surface area contributed by atoms with Gasteiger partial charge in [-0.25, -0.2) is 4.31 Å². The average Bonchev–Trinajstić information content (AvgIpc) is 1.90. The molecule has 0 saturated heterocycles. The van der Waals surface area contributed by atoms with Crippen molar-refractivity contribution in [2.45, 2.75) is 20.8 Å². The minimum Gasteiger partial charge on any atom is -0.338 e. The van der Waals surface area contributed by atoms with E-state index >= 15 is 0 Å². The molecule has 64 valence electrons. The van der Waals surface area contributed by atoms with Crippen molar-refractivity contribution in [3.63, 3.8) is 0 Å². The minimum absolute atomic E-state index is 0.870. The molecule has 3 heteroatoms. The first-order valence-corrected chi connectivity index (χ1v) is 5.94. The molecule has 0 radical (unpaired) electrons. The van der Waals surface area contributed by atoms with Crippen LogP contribution in [0, 0.1) is 0 Å². The molecular weight excluding hydrogens is 146 g/mol. The highest BCUT2D eigenvalue weighted by atomic mass is 32.3. The second kappa shape index (κ2) is 4.21. The van der Waals surface area contributed by atoms with E-state index in [9.17, 15) is 4.55 Å². The van der Waals surface area contributed by atoms with Crippen LogP contribution in [0.15, 0.2) is 0 Å². The Morgan fingerprint density at radius 2 is 1.60 bits per heavy atom. The zero-order valence-corrected chi connectivity index (χ0v) is 8.24. The van der Waals surface area contributed by atoms with Gasteiger partial charge in [-0.1, -0.05) is 31.3 Å². The van der Waals surface area contributed by atoms with Gasteiger partial charge in [0.1, 0.15) is 0 Å². The summed E-state index contributed by atoms with van der Waals surface area (Å²) in [5.41, 5.74) is 0. The Labute approximate surface area is 65.9 Å². The predicted octanol–water partition coefficient (Wildman–Crippen LogP) is 2.17. The van der Waals surface area contributed by atoms with Gasteiger partial charge in [-0.15, -0.1) is 0 Å². The number of rotatable bonds is 4. The van der Waals surface area contributed by atoms with Gasteiger partial charge in [-0.3, -0.25) is 0 Å². The fourth-order valence-corrected chi connectivity index (χ4v) is 2.44. The first kappa shape index (κ1) is 10.3. The average molecular weight is 165 g/mol. The molecule has 0 aromatic heterocycles. The van der Waals surface area contributed by atoms with Crippen LogP contribution < -0.4 is 0 Å². The Morgan fingerprint density at radius 1 is 1.20 bits per heavy atom. The highest BCUT2D eigenvalue weighted by Gasteiger charge is 2.17. The second-order valence-corrected chi connectivity index (χ2v) is 5.48. The molecule has 0 aromatic rings. The van der Waals surface area contributed by atoms with Crippen molar-refractivity contribution in [1.29, 1.82) is 0 Å². The molecule has 0 aliphatic rings. The van der Waals surface area contributed by atoms with Gasteiger partial charge < -0.3 is 4.55 Å². The standard InChI is InChI=1S/C7H19NOS/c1-5-8(6-2)10(4,9)7-3/h9H,5-7H2,1-4H3. The van der Waals surface area contributed by atoms with Crippen molar-refractivity contribution in [3.8, 4) is 0 Å². The van der Waals surface area contributed by atoms with Gasteiger partial charge in [0, 0.05) is 18.8 Å². The van der Waals surface area contributed by atoms with E-state index in [-0.39, 0.29) is 0 Å². The summed E-state index contributed by atoms with van der Waals surface area (Å²) in [6, 6.07) is 0. The maximum Gasteiger partial charge on any atom is 0.00836 e. The second-order valence-electron chi connectivity index (χ2n) is 2.40. The van der Waals surface area contributed by atoms with Gasteiger partial charge in [0.2, 0.25) is 0 Å². The maximum absolute atomic E-state index is 9.79. The van der Waals surface area contributed by atoms with Crippen LogP contribution in [0.3, 0.4) is 0 Å². The largest absolute Gasteiger partial charge is 0.338 e. The van der Waals surface area contributed by atoms with Crippen LogP contribution in [-0.4, -0.2) is 34.0 Å². The molecule has 0 heterocycles. The van der Waals surface area contributed by atoms with Gasteiger partial charge in [0.05, 0.1) is 0 Å². The van der Waals surface area contributed by atoms with Crippen LogP contribution in [0.2, 0.25) is 0 Å². The van der Waals surface area contributed by atoms with E-state index in [4.69, 9.17) is 0 Å². The van der Waals surface area contributed by atoms with Crippen LogP contribution >= 0.6 is 10.5 Å². The molecule has 0 rings (SSSR count). The van der Waals surface area contributed by atoms with E-state index in [0.29, 0.717) is 0 Å². The first-order valence-electron chi connectivity index (χ1n) is 3.82. The van der Waals surface area contributed by atoms with Crippen LogP contribution in [0.5, 0.6) is 0 Å². The molecule has 0 aromatic carbocycles. The fourth-order valence-electron chi connectivity index (χ4n) is 0.962. The van der Waals surface area contributed by atoms with Crippen molar-refractivity contribution in [1.82, 2.24) is 4.31 Å². The van der Waals surface area contributed by atoms with Crippen molar-refractivity contribution in [3.05, 3.63) is 0 Å². The molecule has 10 heavy (non-hydrogen) atoms. The molecule has 0 aliphatic heterocycles. The summed E-state index contributed by atoms with van der Waals surface area (Å²) in [6.45, 7) is 8.11. The van der Waals surface area contributed by atoms with Gasteiger partial charge in [0.25, 0.3) is 0 Å². The Kier molecular flexibility index (Phi) is 4.32. The third kappa shape index (κ3) is 2.48. The summed E-state index contributed by atoms with van der Waals surface area (Å²) < 4.78 is 11.9. The third-order valence-corrected chi connectivity index (χ3v) is 4.53. The third-order valence-electron chi connectivity index (χ3n) is 1.81. The van der Waals surface area contributed by atoms with Crippen molar-refractivity contribution in [2.75, 3.05) is 25.1 Å². The van der Waals surface area contributed by atoms with Crippen LogP contribution in [0.4, 0.5) is 0 Å². The van der Waals surface area contributed by atoms with Crippen LogP contribution in [0.1, 0.15) is 20.8 Å². The lowest BCUT2D eigenvalue weighted by atomic mass is 10.7. The Morgan fingerprint density at radius 3 is 1.70 bits per heavy atom. The smallest absolute Gasteiger partial charge is 0.00836 e. The molecule has 1 atom stereocenters. The van der Waals surface area contributed by atoms with Crippen molar-refractivity contribution in [2.24, 2.45) is 0 Å². The Balaban J connectivity index is 3.97. The summed E-state index contributed by atoms with van der Waals surface area (Å²) in [7, 11) is -1.43. The maximum atomic E-state index is 9.79. The van der Waals surface area contributed by atoms with E-state index in [1.807, 2.05) is 13.2 Å². The van der Waals surface area contributed by atoms with Gasteiger partial charge >= 0.3 is 0 Å². The molecule has 0 fully saturated rings. The molecule has 0 amide bonds. The van der Waals surface area contributed by atoms with E-state index in [1.165, 1.54) is 0 Å². The Hall–Kier alpha value is 0.270. The highest BCUT2D eigenvalue weighted by Crippen LogP contribution is 2.42. The quantitative estimate of drug-likeness (QED) is 0.690. The lowest BCUT2D eigenvalue weighted by molar-refractivity contribution is 0.451. The van der Waals surface area contributed by atoms with E-state index < -0.39 is 10.5 Å². The van der Waals surface area contributed by atoms with Crippen LogP contribution in [0.25, 0.3) is 0 Å². The monoisotopic (exact) mass is 165 g/mol. The molecule has 1 unspecified atom stereocenters. The van der Waals surface area contributed by atoms with Gasteiger partial charge in [-0.2, -0.15) is 0 Å². The topological polar surface area (TPSA) is 23.5 Å². The number of hydrogen-bond donors (Lipinski definition) is 1. The predicted molar refractivity (Wildman–Crippen MR) is 49.6 cm³/mol. The summed E-state index contributed by atoms with van der Waals surface area (Å²) in [6.07, 6.45) is 1.94. The lowest BCUT2D eigenvalue weighted by Crippen LogP contribution is -2.27. The summed E-state index contributed by atoms with van der Waals surface area (Å²) in [4.78, 5) is 0. The van der Waals surface area contributed by atoms with Gasteiger partial charge in [0.15, 0.2) is 0 Å².